The number of hydrogen-bond donors (Lipinski definition) is 2. The molecule has 0 aromatic carbocycles. The maximum atomic E-state index is 11.5. The molecule has 5 heteroatoms. The Morgan fingerprint density at radius 2 is 2.14 bits per heavy atom. The average molecular weight is 200 g/mol. The number of rotatable bonds is 2. The van der Waals surface area contributed by atoms with Crippen molar-refractivity contribution in [3.05, 3.63) is 0 Å². The number of carboxylic acids is 1. The van der Waals surface area contributed by atoms with Crippen molar-refractivity contribution >= 4 is 11.9 Å². The Hall–Kier alpha value is -1.10. The topological polar surface area (TPSA) is 83.6 Å². The fourth-order valence-corrected chi connectivity index (χ4v) is 1.84. The van der Waals surface area contributed by atoms with Crippen LogP contribution < -0.4 is 5.73 Å². The van der Waals surface area contributed by atoms with Gasteiger partial charge in [-0.2, -0.15) is 0 Å². The highest BCUT2D eigenvalue weighted by molar-refractivity contribution is 5.83. The number of nitrogens with zero attached hydrogens (tertiary/aromatic N) is 1. The molecule has 1 heterocycles. The van der Waals surface area contributed by atoms with Gasteiger partial charge in [0.2, 0.25) is 5.91 Å². The zero-order valence-electron chi connectivity index (χ0n) is 8.43. The standard InChI is InChI=1S/C9H16N2O3/c1-5(10)8(12)11-4-3-7(6(11)2)9(13)14/h5-7H,3-4,10H2,1-2H3,(H,13,14). The van der Waals surface area contributed by atoms with Crippen LogP contribution in [0.1, 0.15) is 20.3 Å². The molecule has 1 saturated heterocycles. The van der Waals surface area contributed by atoms with Gasteiger partial charge in [0.05, 0.1) is 12.0 Å². The second kappa shape index (κ2) is 3.96. The molecule has 3 atom stereocenters. The third-order valence-electron chi connectivity index (χ3n) is 2.74. The third kappa shape index (κ3) is 1.87. The van der Waals surface area contributed by atoms with Gasteiger partial charge in [-0.3, -0.25) is 9.59 Å². The minimum Gasteiger partial charge on any atom is -0.481 e. The van der Waals surface area contributed by atoms with Crippen molar-refractivity contribution in [2.75, 3.05) is 6.54 Å². The Morgan fingerprint density at radius 3 is 2.50 bits per heavy atom. The van der Waals surface area contributed by atoms with E-state index >= 15 is 0 Å². The molecular weight excluding hydrogens is 184 g/mol. The third-order valence-corrected chi connectivity index (χ3v) is 2.74. The Kier molecular flexibility index (Phi) is 3.10. The highest BCUT2D eigenvalue weighted by Crippen LogP contribution is 2.24. The minimum absolute atomic E-state index is 0.166. The second-order valence-corrected chi connectivity index (χ2v) is 3.79. The lowest BCUT2D eigenvalue weighted by Crippen LogP contribution is -2.45. The van der Waals surface area contributed by atoms with Crippen LogP contribution in [0.4, 0.5) is 0 Å². The molecule has 0 bridgehead atoms. The number of carboxylic acid groups (broad SMARTS) is 1. The van der Waals surface area contributed by atoms with E-state index in [1.54, 1.807) is 18.7 Å². The van der Waals surface area contributed by atoms with Gasteiger partial charge < -0.3 is 15.7 Å². The number of nitrogens with two attached hydrogens (primary N) is 1. The number of carbonyl (C=O) groups excluding carboxylic acids is 1. The summed E-state index contributed by atoms with van der Waals surface area (Å²) in [5, 5.41) is 8.85. The van der Waals surface area contributed by atoms with Gasteiger partial charge in [0.25, 0.3) is 0 Å². The molecule has 0 radical (unpaired) electrons. The van der Waals surface area contributed by atoms with E-state index in [2.05, 4.69) is 0 Å². The molecule has 1 aliphatic rings. The van der Waals surface area contributed by atoms with Crippen LogP contribution in [0.5, 0.6) is 0 Å². The van der Waals surface area contributed by atoms with Crippen molar-refractivity contribution in [1.29, 1.82) is 0 Å². The zero-order valence-corrected chi connectivity index (χ0v) is 8.43. The van der Waals surface area contributed by atoms with Gasteiger partial charge in [0.1, 0.15) is 0 Å². The number of hydrogen-bond acceptors (Lipinski definition) is 3. The fraction of sp³-hybridized carbons (Fsp3) is 0.778. The normalized spacial score (nSPS) is 28.9. The van der Waals surface area contributed by atoms with Gasteiger partial charge in [0, 0.05) is 12.6 Å². The van der Waals surface area contributed by atoms with Gasteiger partial charge in [-0.15, -0.1) is 0 Å². The molecule has 1 amide bonds. The summed E-state index contributed by atoms with van der Waals surface area (Å²) in [5.41, 5.74) is 5.46. The SMILES string of the molecule is CC(N)C(=O)N1CCC(C(=O)O)C1C. The molecule has 80 valence electrons. The monoisotopic (exact) mass is 200 g/mol. The molecule has 5 nitrogen and oxygen atoms in total. The Labute approximate surface area is 82.9 Å². The van der Waals surface area contributed by atoms with E-state index in [0.29, 0.717) is 13.0 Å². The highest BCUT2D eigenvalue weighted by atomic mass is 16.4. The van der Waals surface area contributed by atoms with Gasteiger partial charge in [-0.05, 0) is 20.3 Å². The first-order chi connectivity index (χ1) is 6.45. The van der Waals surface area contributed by atoms with Crippen LogP contribution in [0.25, 0.3) is 0 Å². The first kappa shape index (κ1) is 11.0. The molecule has 14 heavy (non-hydrogen) atoms. The highest BCUT2D eigenvalue weighted by Gasteiger charge is 2.38. The lowest BCUT2D eigenvalue weighted by atomic mass is 10.0. The Morgan fingerprint density at radius 1 is 1.57 bits per heavy atom. The van der Waals surface area contributed by atoms with E-state index in [-0.39, 0.29) is 11.9 Å². The fourth-order valence-electron chi connectivity index (χ4n) is 1.84. The summed E-state index contributed by atoms with van der Waals surface area (Å²) in [6.07, 6.45) is 0.523. The van der Waals surface area contributed by atoms with Gasteiger partial charge >= 0.3 is 5.97 Å². The largest absolute Gasteiger partial charge is 0.481 e. The summed E-state index contributed by atoms with van der Waals surface area (Å²) in [6, 6.07) is -0.795. The predicted octanol–water partition coefficient (Wildman–Crippen LogP) is -0.345. The minimum atomic E-state index is -0.836. The summed E-state index contributed by atoms with van der Waals surface area (Å²) < 4.78 is 0. The van der Waals surface area contributed by atoms with E-state index in [0.717, 1.165) is 0 Å². The van der Waals surface area contributed by atoms with Crippen molar-refractivity contribution < 1.29 is 14.7 Å². The number of carbonyl (C=O) groups is 2. The maximum absolute atomic E-state index is 11.5. The van der Waals surface area contributed by atoms with Crippen molar-refractivity contribution in [2.45, 2.75) is 32.4 Å². The quantitative estimate of drug-likeness (QED) is 0.638. The first-order valence-corrected chi connectivity index (χ1v) is 4.74. The molecule has 0 aliphatic carbocycles. The van der Waals surface area contributed by atoms with Crippen LogP contribution in [0.15, 0.2) is 0 Å². The second-order valence-electron chi connectivity index (χ2n) is 3.79. The Balaban J connectivity index is 2.68. The van der Waals surface area contributed by atoms with Crippen LogP contribution in [0.2, 0.25) is 0 Å². The van der Waals surface area contributed by atoms with E-state index in [9.17, 15) is 9.59 Å². The summed E-state index contributed by atoms with van der Waals surface area (Å²) in [4.78, 5) is 23.9. The number of aliphatic carboxylic acids is 1. The number of likely N-dealkylation sites (tertiary alicyclic amines) is 1. The van der Waals surface area contributed by atoms with Crippen LogP contribution >= 0.6 is 0 Å². The molecule has 3 unspecified atom stereocenters. The van der Waals surface area contributed by atoms with Crippen LogP contribution in [-0.4, -0.2) is 40.5 Å². The molecule has 1 fully saturated rings. The molecular formula is C9H16N2O3. The van der Waals surface area contributed by atoms with Crippen molar-refractivity contribution in [3.8, 4) is 0 Å². The summed E-state index contributed by atoms with van der Waals surface area (Å²) in [5.74, 6) is -1.45. The molecule has 0 aromatic heterocycles. The molecule has 0 aromatic rings. The average Bonchev–Trinajstić information content (AvgIpc) is 2.45. The van der Waals surface area contributed by atoms with Gasteiger partial charge in [-0.25, -0.2) is 0 Å². The zero-order chi connectivity index (χ0) is 10.9. The first-order valence-electron chi connectivity index (χ1n) is 4.74. The lowest BCUT2D eigenvalue weighted by molar-refractivity contribution is -0.143. The molecule has 1 aliphatic heterocycles. The maximum Gasteiger partial charge on any atom is 0.308 e. The van der Waals surface area contributed by atoms with Crippen LogP contribution in [-0.2, 0) is 9.59 Å². The summed E-state index contributed by atoms with van der Waals surface area (Å²) in [7, 11) is 0. The van der Waals surface area contributed by atoms with Gasteiger partial charge in [0.15, 0.2) is 0 Å². The molecule has 0 saturated carbocycles. The van der Waals surface area contributed by atoms with Crippen molar-refractivity contribution in [1.82, 2.24) is 4.90 Å². The van der Waals surface area contributed by atoms with E-state index in [4.69, 9.17) is 10.8 Å². The smallest absolute Gasteiger partial charge is 0.308 e. The predicted molar refractivity (Wildman–Crippen MR) is 50.6 cm³/mol. The van der Waals surface area contributed by atoms with Crippen molar-refractivity contribution in [2.24, 2.45) is 11.7 Å². The molecule has 1 rings (SSSR count). The Bertz CT molecular complexity index is 252. The number of amides is 1. The van der Waals surface area contributed by atoms with Crippen LogP contribution in [0, 0.1) is 5.92 Å². The summed E-state index contributed by atoms with van der Waals surface area (Å²) in [6.45, 7) is 3.87. The summed E-state index contributed by atoms with van der Waals surface area (Å²) >= 11 is 0. The van der Waals surface area contributed by atoms with Crippen LogP contribution in [0.3, 0.4) is 0 Å². The van der Waals surface area contributed by atoms with Crippen molar-refractivity contribution in [3.63, 3.8) is 0 Å². The molecule has 3 N–H and O–H groups in total. The van der Waals surface area contributed by atoms with E-state index in [1.807, 2.05) is 0 Å². The van der Waals surface area contributed by atoms with E-state index in [1.165, 1.54) is 0 Å². The molecule has 0 spiro atoms. The van der Waals surface area contributed by atoms with E-state index < -0.39 is 17.9 Å². The van der Waals surface area contributed by atoms with Gasteiger partial charge in [-0.1, -0.05) is 0 Å². The lowest BCUT2D eigenvalue weighted by Gasteiger charge is -2.24.